The van der Waals surface area contributed by atoms with Gasteiger partial charge in [0.1, 0.15) is 5.75 Å². The molecule has 1 saturated heterocycles. The van der Waals surface area contributed by atoms with Gasteiger partial charge in [0.2, 0.25) is 5.13 Å². The number of nitrogens with zero attached hydrogens (tertiary/aromatic N) is 4. The molecule has 2 aromatic rings. The Hall–Kier alpha value is -1.42. The predicted molar refractivity (Wildman–Crippen MR) is 99.7 cm³/mol. The number of benzene rings is 1. The second-order valence-electron chi connectivity index (χ2n) is 5.47. The highest BCUT2D eigenvalue weighted by Gasteiger charge is 2.37. The van der Waals surface area contributed by atoms with Gasteiger partial charge in [-0.1, -0.05) is 38.9 Å². The van der Waals surface area contributed by atoms with Crippen molar-refractivity contribution in [2.45, 2.75) is 18.8 Å². The van der Waals surface area contributed by atoms with Crippen molar-refractivity contribution in [3.63, 3.8) is 0 Å². The zero-order valence-electron chi connectivity index (χ0n) is 13.3. The number of carbonyl (C=O) groups excluding carboxylic acids is 1. The lowest BCUT2D eigenvalue weighted by Crippen LogP contribution is -2.34. The summed E-state index contributed by atoms with van der Waals surface area (Å²) in [6.45, 7) is 0.236. The number of alkyl halides is 1. The minimum absolute atomic E-state index is 0.236. The number of carbonyl (C=O) groups is 1. The van der Waals surface area contributed by atoms with E-state index in [-0.39, 0.29) is 18.7 Å². The van der Waals surface area contributed by atoms with Gasteiger partial charge >= 0.3 is 6.03 Å². The molecule has 0 radical (unpaired) electrons. The number of rotatable bonds is 6. The van der Waals surface area contributed by atoms with Crippen LogP contribution in [0.15, 0.2) is 24.3 Å². The van der Waals surface area contributed by atoms with Crippen molar-refractivity contribution in [3.8, 4) is 5.75 Å². The molecule has 1 fully saturated rings. The standard InChI is InChI=1S/C15H16BrClN4O3S/c1-20-8-12(22)21(15(20)23)14-19-18-13(25-14)11(6-7-16)24-10-4-2-9(17)3-5-10/h2-5,11-12,22H,6-8H2,1H3. The molecule has 2 unspecified atom stereocenters. The summed E-state index contributed by atoms with van der Waals surface area (Å²) in [5.74, 6) is 0.670. The summed E-state index contributed by atoms with van der Waals surface area (Å²) in [6.07, 6.45) is -0.572. The molecular weight excluding hydrogens is 432 g/mol. The maximum atomic E-state index is 12.1. The number of amides is 2. The average Bonchev–Trinajstić information content (AvgIpc) is 3.14. The van der Waals surface area contributed by atoms with E-state index in [0.29, 0.717) is 32.7 Å². The van der Waals surface area contributed by atoms with E-state index in [4.69, 9.17) is 16.3 Å². The molecule has 0 saturated carbocycles. The molecule has 2 atom stereocenters. The summed E-state index contributed by atoms with van der Waals surface area (Å²) in [5.41, 5.74) is 0. The van der Waals surface area contributed by atoms with E-state index < -0.39 is 6.23 Å². The van der Waals surface area contributed by atoms with Gasteiger partial charge in [-0.25, -0.2) is 9.69 Å². The lowest BCUT2D eigenvalue weighted by molar-refractivity contribution is 0.183. The summed E-state index contributed by atoms with van der Waals surface area (Å²) < 4.78 is 5.99. The Morgan fingerprint density at radius 3 is 2.76 bits per heavy atom. The molecule has 25 heavy (non-hydrogen) atoms. The summed E-state index contributed by atoms with van der Waals surface area (Å²) in [4.78, 5) is 14.8. The zero-order valence-corrected chi connectivity index (χ0v) is 16.5. The second-order valence-corrected chi connectivity index (χ2v) is 7.69. The fraction of sp³-hybridized carbons (Fsp3) is 0.400. The summed E-state index contributed by atoms with van der Waals surface area (Å²) in [5, 5.41) is 20.6. The summed E-state index contributed by atoms with van der Waals surface area (Å²) >= 11 is 10.5. The van der Waals surface area contributed by atoms with Crippen molar-refractivity contribution < 1.29 is 14.6 Å². The van der Waals surface area contributed by atoms with Crippen LogP contribution in [-0.4, -0.2) is 51.4 Å². The Balaban J connectivity index is 1.80. The Labute approximate surface area is 162 Å². The summed E-state index contributed by atoms with van der Waals surface area (Å²) in [6, 6.07) is 6.78. The Morgan fingerprint density at radius 2 is 2.16 bits per heavy atom. The van der Waals surface area contributed by atoms with Crippen molar-refractivity contribution in [2.24, 2.45) is 0 Å². The molecule has 0 spiro atoms. The topological polar surface area (TPSA) is 78.8 Å². The smallest absolute Gasteiger partial charge is 0.328 e. The number of anilines is 1. The number of hydrogen-bond donors (Lipinski definition) is 1. The number of aliphatic hydroxyl groups excluding tert-OH is 1. The van der Waals surface area contributed by atoms with Crippen LogP contribution in [0.5, 0.6) is 5.75 Å². The molecule has 1 aromatic carbocycles. The van der Waals surface area contributed by atoms with E-state index in [1.165, 1.54) is 21.1 Å². The molecule has 1 aliphatic heterocycles. The fourth-order valence-corrected chi connectivity index (χ4v) is 3.88. The van der Waals surface area contributed by atoms with Gasteiger partial charge in [-0.15, -0.1) is 10.2 Å². The van der Waals surface area contributed by atoms with Crippen molar-refractivity contribution in [1.29, 1.82) is 0 Å². The van der Waals surface area contributed by atoms with Crippen LogP contribution < -0.4 is 9.64 Å². The van der Waals surface area contributed by atoms with E-state index in [1.807, 2.05) is 0 Å². The number of halogens is 2. The van der Waals surface area contributed by atoms with Crippen molar-refractivity contribution in [3.05, 3.63) is 34.3 Å². The second kappa shape index (κ2) is 7.86. The van der Waals surface area contributed by atoms with Crippen LogP contribution in [0.1, 0.15) is 17.5 Å². The van der Waals surface area contributed by atoms with Gasteiger partial charge in [-0.2, -0.15) is 0 Å². The summed E-state index contributed by atoms with van der Waals surface area (Å²) in [7, 11) is 1.63. The van der Waals surface area contributed by atoms with Crippen LogP contribution in [0, 0.1) is 0 Å². The maximum Gasteiger partial charge on any atom is 0.328 e. The molecule has 2 amide bonds. The van der Waals surface area contributed by atoms with E-state index in [0.717, 1.165) is 0 Å². The van der Waals surface area contributed by atoms with Gasteiger partial charge in [-0.3, -0.25) is 0 Å². The molecular formula is C15H16BrClN4O3S. The molecule has 134 valence electrons. The first-order chi connectivity index (χ1) is 12.0. The molecule has 1 N–H and O–H groups in total. The number of ether oxygens (including phenoxy) is 1. The van der Waals surface area contributed by atoms with Gasteiger partial charge in [0.05, 0.1) is 6.54 Å². The molecule has 1 aliphatic rings. The third-order valence-corrected chi connectivity index (χ3v) is 5.37. The first-order valence-corrected chi connectivity index (χ1v) is 9.85. The van der Waals surface area contributed by atoms with Crippen LogP contribution in [0.25, 0.3) is 0 Å². The quantitative estimate of drug-likeness (QED) is 0.688. The van der Waals surface area contributed by atoms with Crippen LogP contribution >= 0.6 is 38.9 Å². The zero-order chi connectivity index (χ0) is 18.0. The predicted octanol–water partition coefficient (Wildman–Crippen LogP) is 3.29. The Kier molecular flexibility index (Phi) is 5.78. The van der Waals surface area contributed by atoms with E-state index in [1.54, 1.807) is 31.3 Å². The van der Waals surface area contributed by atoms with Crippen LogP contribution in [0.2, 0.25) is 5.02 Å². The molecule has 2 heterocycles. The first kappa shape index (κ1) is 18.4. The van der Waals surface area contributed by atoms with Gasteiger partial charge in [0, 0.05) is 23.8 Å². The SMILES string of the molecule is CN1CC(O)N(c2nnc(C(CCBr)Oc3ccc(Cl)cc3)s2)C1=O. The normalized spacial score (nSPS) is 18.7. The van der Waals surface area contributed by atoms with Crippen molar-refractivity contribution in [2.75, 3.05) is 23.8 Å². The minimum atomic E-state index is -0.926. The fourth-order valence-electron chi connectivity index (χ4n) is 2.39. The van der Waals surface area contributed by atoms with E-state index >= 15 is 0 Å². The largest absolute Gasteiger partial charge is 0.483 e. The van der Waals surface area contributed by atoms with Gasteiger partial charge < -0.3 is 14.7 Å². The third kappa shape index (κ3) is 4.05. The number of hydrogen-bond acceptors (Lipinski definition) is 6. The highest BCUT2D eigenvalue weighted by atomic mass is 79.9. The third-order valence-electron chi connectivity index (χ3n) is 3.64. The van der Waals surface area contributed by atoms with Crippen LogP contribution in [0.4, 0.5) is 9.93 Å². The lowest BCUT2D eigenvalue weighted by Gasteiger charge is -2.16. The lowest BCUT2D eigenvalue weighted by atomic mass is 10.3. The highest BCUT2D eigenvalue weighted by molar-refractivity contribution is 9.09. The highest BCUT2D eigenvalue weighted by Crippen LogP contribution is 2.33. The molecule has 7 nitrogen and oxygen atoms in total. The molecule has 3 rings (SSSR count). The number of β-amino-alcohol motifs (C(OH)–C–C–N with tert-alkyl or cyclic N) is 1. The van der Waals surface area contributed by atoms with Gasteiger partial charge in [-0.05, 0) is 24.3 Å². The molecule has 0 aliphatic carbocycles. The van der Waals surface area contributed by atoms with E-state index in [2.05, 4.69) is 26.1 Å². The van der Waals surface area contributed by atoms with Gasteiger partial charge in [0.15, 0.2) is 17.3 Å². The monoisotopic (exact) mass is 446 g/mol. The van der Waals surface area contributed by atoms with E-state index in [9.17, 15) is 9.90 Å². The van der Waals surface area contributed by atoms with Crippen molar-refractivity contribution in [1.82, 2.24) is 15.1 Å². The Morgan fingerprint density at radius 1 is 1.44 bits per heavy atom. The number of aromatic nitrogens is 2. The van der Waals surface area contributed by atoms with Crippen LogP contribution in [-0.2, 0) is 0 Å². The molecule has 10 heteroatoms. The molecule has 0 bridgehead atoms. The number of urea groups is 1. The number of likely N-dealkylation sites (N-methyl/N-ethyl adjacent to an activating group) is 1. The first-order valence-electron chi connectivity index (χ1n) is 7.53. The minimum Gasteiger partial charge on any atom is -0.483 e. The van der Waals surface area contributed by atoms with Crippen molar-refractivity contribution >= 4 is 50.0 Å². The van der Waals surface area contributed by atoms with Crippen LogP contribution in [0.3, 0.4) is 0 Å². The number of aliphatic hydroxyl groups is 1. The average molecular weight is 448 g/mol. The molecule has 1 aromatic heterocycles. The Bertz CT molecular complexity index is 745. The van der Waals surface area contributed by atoms with Gasteiger partial charge in [0.25, 0.3) is 0 Å². The maximum absolute atomic E-state index is 12.1.